The number of hydrogen-bond donors (Lipinski definition) is 2. The first kappa shape index (κ1) is 13.9. The predicted molar refractivity (Wildman–Crippen MR) is 83.4 cm³/mol. The summed E-state index contributed by atoms with van der Waals surface area (Å²) < 4.78 is 0. The summed E-state index contributed by atoms with van der Waals surface area (Å²) >= 11 is 0. The molecule has 1 aromatic carbocycles. The molecule has 0 spiro atoms. The Morgan fingerprint density at radius 2 is 2.14 bits per heavy atom. The van der Waals surface area contributed by atoms with Crippen LogP contribution in [0, 0.1) is 5.41 Å². The Labute approximate surface area is 124 Å². The third-order valence-corrected chi connectivity index (χ3v) is 4.68. The second-order valence-electron chi connectivity index (χ2n) is 6.04. The number of anilines is 1. The van der Waals surface area contributed by atoms with Gasteiger partial charge in [0, 0.05) is 23.3 Å². The minimum atomic E-state index is -0.710. The maximum Gasteiger partial charge on any atom is 0.311 e. The molecule has 2 N–H and O–H groups in total. The van der Waals surface area contributed by atoms with Gasteiger partial charge in [-0.05, 0) is 31.9 Å². The predicted octanol–water partition coefficient (Wildman–Crippen LogP) is 3.68. The second-order valence-corrected chi connectivity index (χ2v) is 6.04. The van der Waals surface area contributed by atoms with Gasteiger partial charge in [-0.3, -0.25) is 9.78 Å². The van der Waals surface area contributed by atoms with Crippen molar-refractivity contribution < 1.29 is 9.90 Å². The van der Waals surface area contributed by atoms with Crippen LogP contribution in [0.1, 0.15) is 32.6 Å². The minimum Gasteiger partial charge on any atom is -0.481 e. The first-order valence-electron chi connectivity index (χ1n) is 7.45. The van der Waals surface area contributed by atoms with Crippen molar-refractivity contribution in [3.63, 3.8) is 0 Å². The molecule has 0 bridgehead atoms. The van der Waals surface area contributed by atoms with Crippen molar-refractivity contribution in [3.8, 4) is 0 Å². The number of aliphatic carboxylic acids is 1. The third-order valence-electron chi connectivity index (χ3n) is 4.68. The Bertz CT molecular complexity index is 665. The topological polar surface area (TPSA) is 62.2 Å². The highest BCUT2D eigenvalue weighted by Crippen LogP contribution is 2.39. The van der Waals surface area contributed by atoms with Gasteiger partial charge in [0.05, 0.1) is 10.9 Å². The third kappa shape index (κ3) is 2.46. The number of carboxylic acid groups (broad SMARTS) is 1. The van der Waals surface area contributed by atoms with E-state index in [9.17, 15) is 9.90 Å². The van der Waals surface area contributed by atoms with E-state index in [4.69, 9.17) is 0 Å². The van der Waals surface area contributed by atoms with E-state index in [1.54, 1.807) is 6.20 Å². The lowest BCUT2D eigenvalue weighted by atomic mass is 9.71. The molecule has 1 aliphatic carbocycles. The van der Waals surface area contributed by atoms with Crippen molar-refractivity contribution in [3.05, 3.63) is 36.5 Å². The van der Waals surface area contributed by atoms with E-state index in [1.165, 1.54) is 0 Å². The first-order chi connectivity index (χ1) is 10.1. The molecule has 0 aliphatic heterocycles. The van der Waals surface area contributed by atoms with E-state index in [2.05, 4.69) is 10.3 Å². The zero-order valence-corrected chi connectivity index (χ0v) is 12.2. The van der Waals surface area contributed by atoms with Gasteiger partial charge in [0.25, 0.3) is 0 Å². The molecule has 1 aromatic heterocycles. The summed E-state index contributed by atoms with van der Waals surface area (Å²) in [5.41, 5.74) is 1.19. The van der Waals surface area contributed by atoms with Gasteiger partial charge in [0.15, 0.2) is 0 Å². The molecular formula is C17H20N2O2. The number of hydrogen-bond acceptors (Lipinski definition) is 3. The molecule has 0 radical (unpaired) electrons. The number of para-hydroxylation sites is 1. The van der Waals surface area contributed by atoms with Crippen LogP contribution in [0.2, 0.25) is 0 Å². The minimum absolute atomic E-state index is 0.0467. The summed E-state index contributed by atoms with van der Waals surface area (Å²) in [4.78, 5) is 16.0. The number of nitrogens with one attached hydrogen (secondary N) is 1. The number of fused-ring (bicyclic) bond motifs is 1. The number of aromatic nitrogens is 1. The summed E-state index contributed by atoms with van der Waals surface area (Å²) in [6.07, 6.45) is 5.44. The van der Waals surface area contributed by atoms with E-state index in [0.29, 0.717) is 0 Å². The Hall–Kier alpha value is -2.10. The number of nitrogens with zero attached hydrogens (tertiary/aromatic N) is 1. The monoisotopic (exact) mass is 284 g/mol. The highest BCUT2D eigenvalue weighted by molar-refractivity contribution is 5.91. The van der Waals surface area contributed by atoms with Crippen molar-refractivity contribution >= 4 is 22.6 Å². The summed E-state index contributed by atoms with van der Waals surface area (Å²) in [5, 5.41) is 14.1. The summed E-state index contributed by atoms with van der Waals surface area (Å²) in [7, 11) is 0. The fraction of sp³-hybridized carbons (Fsp3) is 0.412. The highest BCUT2D eigenvalue weighted by Gasteiger charge is 2.43. The van der Waals surface area contributed by atoms with Gasteiger partial charge in [-0.15, -0.1) is 0 Å². The van der Waals surface area contributed by atoms with Gasteiger partial charge in [-0.25, -0.2) is 0 Å². The Balaban J connectivity index is 1.95. The Kier molecular flexibility index (Phi) is 3.53. The van der Waals surface area contributed by atoms with Crippen LogP contribution in [0.5, 0.6) is 0 Å². The van der Waals surface area contributed by atoms with E-state index >= 15 is 0 Å². The quantitative estimate of drug-likeness (QED) is 0.902. The lowest BCUT2D eigenvalue weighted by Crippen LogP contribution is -2.46. The molecular weight excluding hydrogens is 264 g/mol. The fourth-order valence-electron chi connectivity index (χ4n) is 3.23. The molecule has 0 saturated heterocycles. The molecule has 1 heterocycles. The molecule has 4 heteroatoms. The van der Waals surface area contributed by atoms with Gasteiger partial charge in [-0.1, -0.05) is 31.0 Å². The number of carbonyl (C=O) groups is 1. The highest BCUT2D eigenvalue weighted by atomic mass is 16.4. The number of rotatable bonds is 3. The van der Waals surface area contributed by atoms with Gasteiger partial charge < -0.3 is 10.4 Å². The van der Waals surface area contributed by atoms with Gasteiger partial charge >= 0.3 is 5.97 Å². The van der Waals surface area contributed by atoms with Gasteiger partial charge in [0.1, 0.15) is 0 Å². The number of pyridine rings is 1. The van der Waals surface area contributed by atoms with Crippen molar-refractivity contribution in [1.29, 1.82) is 0 Å². The van der Waals surface area contributed by atoms with Crippen LogP contribution < -0.4 is 5.32 Å². The number of benzene rings is 1. The molecule has 0 amide bonds. The van der Waals surface area contributed by atoms with Crippen LogP contribution >= 0.6 is 0 Å². The number of carboxylic acids is 1. The van der Waals surface area contributed by atoms with Gasteiger partial charge in [-0.2, -0.15) is 0 Å². The van der Waals surface area contributed by atoms with Crippen LogP contribution in [-0.2, 0) is 4.79 Å². The van der Waals surface area contributed by atoms with E-state index in [1.807, 2.05) is 37.3 Å². The maximum absolute atomic E-state index is 11.7. The normalized spacial score (nSPS) is 25.7. The summed E-state index contributed by atoms with van der Waals surface area (Å²) in [6.45, 7) is 1.86. The second kappa shape index (κ2) is 5.35. The van der Waals surface area contributed by atoms with Gasteiger partial charge in [0.2, 0.25) is 0 Å². The lowest BCUT2D eigenvalue weighted by Gasteiger charge is -2.39. The van der Waals surface area contributed by atoms with Crippen molar-refractivity contribution in [2.24, 2.45) is 5.41 Å². The van der Waals surface area contributed by atoms with Crippen molar-refractivity contribution in [2.45, 2.75) is 38.6 Å². The molecule has 3 rings (SSSR count). The molecule has 2 unspecified atom stereocenters. The lowest BCUT2D eigenvalue weighted by molar-refractivity contribution is -0.150. The molecule has 4 nitrogen and oxygen atoms in total. The fourth-order valence-corrected chi connectivity index (χ4v) is 3.23. The molecule has 2 atom stereocenters. The SMILES string of the molecule is CC1(C(=O)O)CCCCC1Nc1ccnc2ccccc12. The largest absolute Gasteiger partial charge is 0.481 e. The smallest absolute Gasteiger partial charge is 0.311 e. The van der Waals surface area contributed by atoms with Crippen LogP contribution in [0.25, 0.3) is 10.9 Å². The molecule has 1 saturated carbocycles. The van der Waals surface area contributed by atoms with E-state index in [0.717, 1.165) is 42.3 Å². The zero-order valence-electron chi connectivity index (χ0n) is 12.2. The molecule has 1 fully saturated rings. The van der Waals surface area contributed by atoms with Crippen LogP contribution in [0.4, 0.5) is 5.69 Å². The molecule has 21 heavy (non-hydrogen) atoms. The van der Waals surface area contributed by atoms with Crippen molar-refractivity contribution in [2.75, 3.05) is 5.32 Å². The summed E-state index contributed by atoms with van der Waals surface area (Å²) in [6, 6.07) is 9.81. The molecule has 2 aromatic rings. The molecule has 110 valence electrons. The average Bonchev–Trinajstić information content (AvgIpc) is 2.50. The van der Waals surface area contributed by atoms with E-state index in [-0.39, 0.29) is 6.04 Å². The zero-order chi connectivity index (χ0) is 14.9. The Morgan fingerprint density at radius 3 is 2.95 bits per heavy atom. The van der Waals surface area contributed by atoms with Crippen LogP contribution in [0.3, 0.4) is 0 Å². The molecule has 1 aliphatic rings. The first-order valence-corrected chi connectivity index (χ1v) is 7.45. The van der Waals surface area contributed by atoms with Crippen LogP contribution in [0.15, 0.2) is 36.5 Å². The maximum atomic E-state index is 11.7. The van der Waals surface area contributed by atoms with Crippen LogP contribution in [-0.4, -0.2) is 22.1 Å². The standard InChI is InChI=1S/C17H20N2O2/c1-17(16(20)21)10-5-4-8-15(17)19-14-9-11-18-13-7-3-2-6-12(13)14/h2-3,6-7,9,11,15H,4-5,8,10H2,1H3,(H,18,19)(H,20,21). The van der Waals surface area contributed by atoms with E-state index < -0.39 is 11.4 Å². The van der Waals surface area contributed by atoms with Crippen molar-refractivity contribution in [1.82, 2.24) is 4.98 Å². The Morgan fingerprint density at radius 1 is 1.33 bits per heavy atom. The average molecular weight is 284 g/mol. The summed E-state index contributed by atoms with van der Waals surface area (Å²) in [5.74, 6) is -0.710.